The van der Waals surface area contributed by atoms with Crippen molar-refractivity contribution in [1.82, 2.24) is 14.5 Å². The molecule has 5 nitrogen and oxygen atoms in total. The van der Waals surface area contributed by atoms with Gasteiger partial charge in [-0.25, -0.2) is 4.98 Å². The van der Waals surface area contributed by atoms with Gasteiger partial charge in [0.05, 0.1) is 5.56 Å². The highest BCUT2D eigenvalue weighted by molar-refractivity contribution is 7.12. The summed E-state index contributed by atoms with van der Waals surface area (Å²) in [5, 5.41) is 2.85. The largest absolute Gasteiger partial charge is 0.371 e. The summed E-state index contributed by atoms with van der Waals surface area (Å²) in [6.07, 6.45) is 4.28. The first-order valence-corrected chi connectivity index (χ1v) is 10.6. The van der Waals surface area contributed by atoms with Gasteiger partial charge in [-0.2, -0.15) is 0 Å². The molecule has 1 aliphatic heterocycles. The molecule has 0 atom stereocenters. The molecular weight excluding hydrogens is 368 g/mol. The molecular formula is C22H26N4OS. The fourth-order valence-electron chi connectivity index (χ4n) is 4.04. The number of aromatic nitrogens is 2. The van der Waals surface area contributed by atoms with Crippen LogP contribution in [-0.2, 0) is 6.54 Å². The van der Waals surface area contributed by atoms with Crippen molar-refractivity contribution >= 4 is 22.9 Å². The van der Waals surface area contributed by atoms with Crippen molar-refractivity contribution < 1.29 is 4.79 Å². The smallest absolute Gasteiger partial charge is 0.255 e. The van der Waals surface area contributed by atoms with Gasteiger partial charge in [0.1, 0.15) is 0 Å². The van der Waals surface area contributed by atoms with Crippen LogP contribution >= 0.6 is 11.3 Å². The van der Waals surface area contributed by atoms with E-state index in [1.165, 1.54) is 24.1 Å². The van der Waals surface area contributed by atoms with E-state index in [9.17, 15) is 4.79 Å². The Morgan fingerprint density at radius 3 is 2.68 bits per heavy atom. The molecule has 0 N–H and O–H groups in total. The quantitative estimate of drug-likeness (QED) is 0.643. The highest BCUT2D eigenvalue weighted by Gasteiger charge is 2.22. The normalized spacial score (nSPS) is 13.9. The summed E-state index contributed by atoms with van der Waals surface area (Å²) in [4.78, 5) is 21.9. The SMILES string of the molecule is Cc1cc(C(=O)N(C)Cc2ccccc2N2CCCC2)c(C)n1-c1nccs1. The molecule has 6 heteroatoms. The molecule has 1 amide bonds. The van der Waals surface area contributed by atoms with Crippen LogP contribution in [0, 0.1) is 13.8 Å². The molecule has 1 fully saturated rings. The van der Waals surface area contributed by atoms with Crippen molar-refractivity contribution in [3.63, 3.8) is 0 Å². The molecule has 2 aromatic heterocycles. The zero-order valence-corrected chi connectivity index (χ0v) is 17.5. The Hall–Kier alpha value is -2.60. The van der Waals surface area contributed by atoms with Gasteiger partial charge in [0.25, 0.3) is 5.91 Å². The van der Waals surface area contributed by atoms with E-state index in [1.54, 1.807) is 17.5 Å². The number of benzene rings is 1. The predicted octanol–water partition coefficient (Wildman–Crippen LogP) is 4.42. The summed E-state index contributed by atoms with van der Waals surface area (Å²) >= 11 is 1.58. The van der Waals surface area contributed by atoms with Crippen LogP contribution in [0.1, 0.15) is 40.2 Å². The first-order chi connectivity index (χ1) is 13.6. The van der Waals surface area contributed by atoms with Gasteiger partial charge in [-0.15, -0.1) is 11.3 Å². The molecule has 1 aromatic carbocycles. The van der Waals surface area contributed by atoms with Crippen molar-refractivity contribution in [2.24, 2.45) is 0 Å². The Kier molecular flexibility index (Phi) is 5.22. The minimum Gasteiger partial charge on any atom is -0.371 e. The first kappa shape index (κ1) is 18.7. The molecule has 146 valence electrons. The van der Waals surface area contributed by atoms with Gasteiger partial charge in [0.2, 0.25) is 0 Å². The Bertz CT molecular complexity index is 971. The predicted molar refractivity (Wildman–Crippen MR) is 115 cm³/mol. The summed E-state index contributed by atoms with van der Waals surface area (Å²) in [7, 11) is 1.89. The Morgan fingerprint density at radius 1 is 1.21 bits per heavy atom. The van der Waals surface area contributed by atoms with Crippen LogP contribution < -0.4 is 4.90 Å². The highest BCUT2D eigenvalue weighted by Crippen LogP contribution is 2.27. The van der Waals surface area contributed by atoms with E-state index in [2.05, 4.69) is 38.7 Å². The van der Waals surface area contributed by atoms with E-state index in [4.69, 9.17) is 0 Å². The maximum Gasteiger partial charge on any atom is 0.255 e. The number of para-hydroxylation sites is 1. The minimum absolute atomic E-state index is 0.0483. The van der Waals surface area contributed by atoms with Crippen molar-refractivity contribution in [3.05, 3.63) is 64.4 Å². The lowest BCUT2D eigenvalue weighted by atomic mass is 10.1. The number of carbonyl (C=O) groups excluding carboxylic acids is 1. The third-order valence-corrected chi connectivity index (χ3v) is 6.22. The average Bonchev–Trinajstić information content (AvgIpc) is 3.43. The van der Waals surface area contributed by atoms with E-state index in [0.29, 0.717) is 6.54 Å². The summed E-state index contributed by atoms with van der Waals surface area (Å²) in [6.45, 7) is 6.82. The molecule has 1 saturated heterocycles. The third kappa shape index (κ3) is 3.44. The number of anilines is 1. The Balaban J connectivity index is 1.58. The summed E-state index contributed by atoms with van der Waals surface area (Å²) < 4.78 is 2.06. The molecule has 0 aliphatic carbocycles. The number of rotatable bonds is 5. The lowest BCUT2D eigenvalue weighted by Crippen LogP contribution is -2.28. The van der Waals surface area contributed by atoms with Gasteiger partial charge in [-0.1, -0.05) is 18.2 Å². The van der Waals surface area contributed by atoms with Crippen LogP contribution in [0.5, 0.6) is 0 Å². The maximum absolute atomic E-state index is 13.2. The number of nitrogens with zero attached hydrogens (tertiary/aromatic N) is 4. The van der Waals surface area contributed by atoms with Crippen molar-refractivity contribution in [2.45, 2.75) is 33.2 Å². The zero-order chi connectivity index (χ0) is 19.7. The second-order valence-electron chi connectivity index (χ2n) is 7.42. The number of hydrogen-bond donors (Lipinski definition) is 0. The molecule has 3 aromatic rings. The van der Waals surface area contributed by atoms with Crippen molar-refractivity contribution in [3.8, 4) is 5.13 Å². The minimum atomic E-state index is 0.0483. The van der Waals surface area contributed by atoms with Crippen LogP contribution in [0.3, 0.4) is 0 Å². The van der Waals surface area contributed by atoms with Gasteiger partial charge < -0.3 is 9.80 Å². The van der Waals surface area contributed by atoms with Crippen LogP contribution in [-0.4, -0.2) is 40.5 Å². The molecule has 0 bridgehead atoms. The van der Waals surface area contributed by atoms with Gasteiger partial charge in [-0.05, 0) is 44.4 Å². The van der Waals surface area contributed by atoms with Crippen molar-refractivity contribution in [2.75, 3.05) is 25.0 Å². The van der Waals surface area contributed by atoms with Crippen LogP contribution in [0.2, 0.25) is 0 Å². The lowest BCUT2D eigenvalue weighted by molar-refractivity contribution is 0.0784. The molecule has 28 heavy (non-hydrogen) atoms. The number of thiazole rings is 1. The first-order valence-electron chi connectivity index (χ1n) is 9.73. The zero-order valence-electron chi connectivity index (χ0n) is 16.7. The van der Waals surface area contributed by atoms with E-state index in [0.717, 1.165) is 35.2 Å². The van der Waals surface area contributed by atoms with Gasteiger partial charge in [-0.3, -0.25) is 9.36 Å². The van der Waals surface area contributed by atoms with Crippen molar-refractivity contribution in [1.29, 1.82) is 0 Å². The van der Waals surface area contributed by atoms with Gasteiger partial charge in [0, 0.05) is 55.3 Å². The number of aryl methyl sites for hydroxylation is 1. The van der Waals surface area contributed by atoms with E-state index in [-0.39, 0.29) is 5.91 Å². The summed E-state index contributed by atoms with van der Waals surface area (Å²) in [6, 6.07) is 10.4. The van der Waals surface area contributed by atoms with Crippen LogP contribution in [0.25, 0.3) is 5.13 Å². The molecule has 0 saturated carbocycles. The topological polar surface area (TPSA) is 41.4 Å². The lowest BCUT2D eigenvalue weighted by Gasteiger charge is -2.24. The Labute approximate surface area is 170 Å². The molecule has 1 aliphatic rings. The summed E-state index contributed by atoms with van der Waals surface area (Å²) in [5.74, 6) is 0.0483. The fraction of sp³-hybridized carbons (Fsp3) is 0.364. The van der Waals surface area contributed by atoms with Crippen LogP contribution in [0.15, 0.2) is 41.9 Å². The third-order valence-electron chi connectivity index (χ3n) is 5.46. The fourth-order valence-corrected chi connectivity index (χ4v) is 4.80. The van der Waals surface area contributed by atoms with Crippen LogP contribution in [0.4, 0.5) is 5.69 Å². The van der Waals surface area contributed by atoms with E-state index < -0.39 is 0 Å². The Morgan fingerprint density at radius 2 is 1.96 bits per heavy atom. The molecule has 4 rings (SSSR count). The molecule has 3 heterocycles. The number of hydrogen-bond acceptors (Lipinski definition) is 4. The highest BCUT2D eigenvalue weighted by atomic mass is 32.1. The monoisotopic (exact) mass is 394 g/mol. The second kappa shape index (κ2) is 7.80. The number of carbonyl (C=O) groups is 1. The van der Waals surface area contributed by atoms with E-state index in [1.807, 2.05) is 37.2 Å². The molecule has 0 spiro atoms. The van der Waals surface area contributed by atoms with Gasteiger partial charge >= 0.3 is 0 Å². The standard InChI is InChI=1S/C22H26N4OS/c1-16-14-19(17(2)26(16)22-23-10-13-28-22)21(27)24(3)15-18-8-4-5-9-20(18)25-11-6-7-12-25/h4-5,8-10,13-14H,6-7,11-12,15H2,1-3H3. The molecule has 0 radical (unpaired) electrons. The second-order valence-corrected chi connectivity index (χ2v) is 8.29. The number of amides is 1. The summed E-state index contributed by atoms with van der Waals surface area (Å²) in [5.41, 5.74) is 5.18. The maximum atomic E-state index is 13.2. The average molecular weight is 395 g/mol. The van der Waals surface area contributed by atoms with E-state index >= 15 is 0 Å². The molecule has 0 unspecified atom stereocenters. The van der Waals surface area contributed by atoms with Gasteiger partial charge in [0.15, 0.2) is 5.13 Å².